The molecule has 32 heavy (non-hydrogen) atoms. The lowest BCUT2D eigenvalue weighted by Gasteiger charge is -2.34. The van der Waals surface area contributed by atoms with Crippen molar-refractivity contribution in [3.05, 3.63) is 35.9 Å². The van der Waals surface area contributed by atoms with Crippen LogP contribution in [0.3, 0.4) is 0 Å². The molecule has 4 amide bonds. The van der Waals surface area contributed by atoms with Gasteiger partial charge in [-0.15, -0.1) is 0 Å². The molecule has 1 aliphatic heterocycles. The number of amides is 4. The standard InChI is InChI=1S/C23H37N5O3S/c1-18(2)24-23(31)32-17-16-28(11-10-20-8-6-5-7-9-20)22(30)25-19(3)21(29)27-14-12-26(4)13-15-27/h5-9,18-19H,10-17H2,1-4H3,(H,24,31)(H,25,30). The number of nitrogens with zero attached hydrogens (tertiary/aromatic N) is 3. The van der Waals surface area contributed by atoms with Gasteiger partial charge in [-0.3, -0.25) is 9.59 Å². The van der Waals surface area contributed by atoms with Gasteiger partial charge < -0.3 is 25.3 Å². The van der Waals surface area contributed by atoms with Crippen molar-refractivity contribution in [2.75, 3.05) is 52.1 Å². The second-order valence-corrected chi connectivity index (χ2v) is 9.53. The maximum absolute atomic E-state index is 13.0. The Balaban J connectivity index is 1.92. The number of thioether (sulfide) groups is 1. The fourth-order valence-corrected chi connectivity index (χ4v) is 4.20. The summed E-state index contributed by atoms with van der Waals surface area (Å²) in [6, 6.07) is 9.17. The Bertz CT molecular complexity index is 738. The number of rotatable bonds is 9. The SMILES string of the molecule is CC(C)NC(=O)SCCN(CCc1ccccc1)C(=O)NC(C)C(=O)N1CCN(C)CC1. The van der Waals surface area contributed by atoms with Crippen LogP contribution in [0.1, 0.15) is 26.3 Å². The molecule has 2 N–H and O–H groups in total. The highest BCUT2D eigenvalue weighted by molar-refractivity contribution is 8.13. The van der Waals surface area contributed by atoms with Gasteiger partial charge in [0.25, 0.3) is 5.24 Å². The lowest BCUT2D eigenvalue weighted by atomic mass is 10.1. The van der Waals surface area contributed by atoms with E-state index in [0.29, 0.717) is 38.4 Å². The van der Waals surface area contributed by atoms with Crippen molar-refractivity contribution < 1.29 is 14.4 Å². The molecule has 9 heteroatoms. The number of hydrogen-bond acceptors (Lipinski definition) is 5. The van der Waals surface area contributed by atoms with Crippen LogP contribution in [0.15, 0.2) is 30.3 Å². The first kappa shape index (κ1) is 26.0. The van der Waals surface area contributed by atoms with Gasteiger partial charge >= 0.3 is 6.03 Å². The molecule has 178 valence electrons. The predicted molar refractivity (Wildman–Crippen MR) is 130 cm³/mol. The van der Waals surface area contributed by atoms with Crippen LogP contribution in [0.4, 0.5) is 9.59 Å². The second kappa shape index (κ2) is 13.3. The Morgan fingerprint density at radius 3 is 2.28 bits per heavy atom. The van der Waals surface area contributed by atoms with Gasteiger partial charge in [-0.05, 0) is 39.8 Å². The lowest BCUT2D eigenvalue weighted by Crippen LogP contribution is -2.55. The first-order valence-electron chi connectivity index (χ1n) is 11.3. The van der Waals surface area contributed by atoms with Crippen molar-refractivity contribution in [1.82, 2.24) is 25.3 Å². The summed E-state index contributed by atoms with van der Waals surface area (Å²) in [4.78, 5) is 43.4. The zero-order valence-corrected chi connectivity index (χ0v) is 20.5. The first-order valence-corrected chi connectivity index (χ1v) is 12.2. The van der Waals surface area contributed by atoms with E-state index in [1.54, 1.807) is 11.8 Å². The van der Waals surface area contributed by atoms with Crippen LogP contribution < -0.4 is 10.6 Å². The average molecular weight is 464 g/mol. The van der Waals surface area contributed by atoms with E-state index in [1.807, 2.05) is 56.1 Å². The molecule has 0 bridgehead atoms. The fourth-order valence-electron chi connectivity index (χ4n) is 3.39. The Kier molecular flexibility index (Phi) is 10.8. The average Bonchev–Trinajstić information content (AvgIpc) is 2.76. The summed E-state index contributed by atoms with van der Waals surface area (Å²) >= 11 is 1.17. The van der Waals surface area contributed by atoms with Crippen LogP contribution in [-0.4, -0.2) is 96.0 Å². The zero-order chi connectivity index (χ0) is 23.5. The Hall–Kier alpha value is -2.26. The molecule has 1 aliphatic rings. The highest BCUT2D eigenvalue weighted by atomic mass is 32.2. The number of nitrogens with one attached hydrogen (secondary N) is 2. The normalized spacial score (nSPS) is 15.3. The smallest absolute Gasteiger partial charge is 0.318 e. The number of likely N-dealkylation sites (N-methyl/N-ethyl adjacent to an activating group) is 1. The largest absolute Gasteiger partial charge is 0.345 e. The van der Waals surface area contributed by atoms with Crippen molar-refractivity contribution in [3.8, 4) is 0 Å². The Morgan fingerprint density at radius 2 is 1.66 bits per heavy atom. The van der Waals surface area contributed by atoms with Gasteiger partial charge in [-0.2, -0.15) is 0 Å². The third kappa shape index (κ3) is 9.08. The van der Waals surface area contributed by atoms with E-state index in [4.69, 9.17) is 0 Å². The topological polar surface area (TPSA) is 85.0 Å². The highest BCUT2D eigenvalue weighted by Crippen LogP contribution is 2.08. The van der Waals surface area contributed by atoms with Crippen LogP contribution >= 0.6 is 11.8 Å². The predicted octanol–water partition coefficient (Wildman–Crippen LogP) is 2.25. The van der Waals surface area contributed by atoms with E-state index in [2.05, 4.69) is 15.5 Å². The van der Waals surface area contributed by atoms with Crippen molar-refractivity contribution >= 4 is 28.9 Å². The molecule has 1 heterocycles. The summed E-state index contributed by atoms with van der Waals surface area (Å²) in [5, 5.41) is 5.61. The maximum Gasteiger partial charge on any atom is 0.318 e. The molecule has 1 fully saturated rings. The zero-order valence-electron chi connectivity index (χ0n) is 19.7. The fraction of sp³-hybridized carbons (Fsp3) is 0.609. The quantitative estimate of drug-likeness (QED) is 0.587. The van der Waals surface area contributed by atoms with Gasteiger partial charge in [0, 0.05) is 51.1 Å². The highest BCUT2D eigenvalue weighted by Gasteiger charge is 2.26. The Morgan fingerprint density at radius 1 is 1.00 bits per heavy atom. The third-order valence-corrected chi connectivity index (χ3v) is 6.09. The molecule has 0 aliphatic carbocycles. The lowest BCUT2D eigenvalue weighted by molar-refractivity contribution is -0.134. The van der Waals surface area contributed by atoms with Gasteiger partial charge in [0.15, 0.2) is 0 Å². The number of carbonyl (C=O) groups excluding carboxylic acids is 3. The molecule has 1 saturated heterocycles. The molecule has 1 unspecified atom stereocenters. The van der Waals surface area contributed by atoms with Crippen LogP contribution in [0.25, 0.3) is 0 Å². The molecular weight excluding hydrogens is 426 g/mol. The van der Waals surface area contributed by atoms with E-state index < -0.39 is 6.04 Å². The minimum absolute atomic E-state index is 0.0554. The molecule has 1 atom stereocenters. The van der Waals surface area contributed by atoms with E-state index in [-0.39, 0.29) is 23.2 Å². The van der Waals surface area contributed by atoms with Crippen molar-refractivity contribution in [1.29, 1.82) is 0 Å². The van der Waals surface area contributed by atoms with E-state index >= 15 is 0 Å². The summed E-state index contributed by atoms with van der Waals surface area (Å²) in [7, 11) is 2.04. The Labute approximate surface area is 196 Å². The number of carbonyl (C=O) groups is 3. The second-order valence-electron chi connectivity index (χ2n) is 8.46. The molecule has 2 rings (SSSR count). The van der Waals surface area contributed by atoms with E-state index in [1.165, 1.54) is 11.8 Å². The van der Waals surface area contributed by atoms with Crippen molar-refractivity contribution in [2.24, 2.45) is 0 Å². The summed E-state index contributed by atoms with van der Waals surface area (Å²) in [6.07, 6.45) is 0.706. The summed E-state index contributed by atoms with van der Waals surface area (Å²) in [5.41, 5.74) is 1.14. The van der Waals surface area contributed by atoms with Crippen molar-refractivity contribution in [3.63, 3.8) is 0 Å². The molecule has 0 aromatic heterocycles. The first-order chi connectivity index (χ1) is 15.3. The van der Waals surface area contributed by atoms with E-state index in [0.717, 1.165) is 18.7 Å². The number of hydrogen-bond donors (Lipinski definition) is 2. The minimum atomic E-state index is -0.595. The summed E-state index contributed by atoms with van der Waals surface area (Å²) in [5.74, 6) is 0.432. The van der Waals surface area contributed by atoms with Crippen LogP contribution in [0, 0.1) is 0 Å². The monoisotopic (exact) mass is 463 g/mol. The molecule has 0 radical (unpaired) electrons. The van der Waals surface area contributed by atoms with Crippen LogP contribution in [-0.2, 0) is 11.2 Å². The van der Waals surface area contributed by atoms with Gasteiger partial charge in [-0.25, -0.2) is 4.79 Å². The van der Waals surface area contributed by atoms with Crippen LogP contribution in [0.5, 0.6) is 0 Å². The van der Waals surface area contributed by atoms with E-state index in [9.17, 15) is 14.4 Å². The van der Waals surface area contributed by atoms with Crippen LogP contribution in [0.2, 0.25) is 0 Å². The van der Waals surface area contributed by atoms with Crippen molar-refractivity contribution in [2.45, 2.75) is 39.3 Å². The molecule has 0 spiro atoms. The maximum atomic E-state index is 13.0. The number of benzene rings is 1. The van der Waals surface area contributed by atoms with Gasteiger partial charge in [0.1, 0.15) is 6.04 Å². The summed E-state index contributed by atoms with van der Waals surface area (Å²) in [6.45, 7) is 9.52. The molecular formula is C23H37N5O3S. The number of piperazine rings is 1. The van der Waals surface area contributed by atoms with Gasteiger partial charge in [0.05, 0.1) is 0 Å². The van der Waals surface area contributed by atoms with Gasteiger partial charge in [-0.1, -0.05) is 42.1 Å². The third-order valence-electron chi connectivity index (χ3n) is 5.33. The van der Waals surface area contributed by atoms with Gasteiger partial charge in [0.2, 0.25) is 5.91 Å². The molecule has 1 aromatic carbocycles. The molecule has 1 aromatic rings. The number of urea groups is 1. The molecule has 8 nitrogen and oxygen atoms in total. The minimum Gasteiger partial charge on any atom is -0.345 e. The summed E-state index contributed by atoms with van der Waals surface area (Å²) < 4.78 is 0. The molecule has 0 saturated carbocycles.